The van der Waals surface area contributed by atoms with E-state index >= 15 is 4.39 Å². The number of aromatic nitrogens is 2. The molecule has 356 valence electrons. The maximum absolute atomic E-state index is 15.2. The van der Waals surface area contributed by atoms with Crippen molar-refractivity contribution in [2.45, 2.75) is 128 Å². The number of pyridine rings is 2. The van der Waals surface area contributed by atoms with Crippen molar-refractivity contribution >= 4 is 45.5 Å². The number of ether oxygens (including phenoxy) is 1. The van der Waals surface area contributed by atoms with Crippen LogP contribution < -0.4 is 32.1 Å². The van der Waals surface area contributed by atoms with E-state index in [1.54, 1.807) is 6.92 Å². The Kier molecular flexibility index (Phi) is 11.2. The summed E-state index contributed by atoms with van der Waals surface area (Å²) >= 11 is 0. The topological polar surface area (TPSA) is 198 Å². The van der Waals surface area contributed by atoms with Gasteiger partial charge in [0.2, 0.25) is 10.9 Å². The Morgan fingerprint density at radius 1 is 0.788 bits per heavy atom. The molecule has 66 heavy (non-hydrogen) atoms. The first-order valence-corrected chi connectivity index (χ1v) is 22.1. The summed E-state index contributed by atoms with van der Waals surface area (Å²) in [7, 11) is 0. The van der Waals surface area contributed by atoms with Gasteiger partial charge in [-0.05, 0) is 91.8 Å². The van der Waals surface area contributed by atoms with Gasteiger partial charge in [-0.1, -0.05) is 0 Å². The van der Waals surface area contributed by atoms with Crippen molar-refractivity contribution in [3.63, 3.8) is 0 Å². The first-order valence-electron chi connectivity index (χ1n) is 22.1. The molecule has 2 aromatic heterocycles. The zero-order valence-electron chi connectivity index (χ0n) is 37.8. The van der Waals surface area contributed by atoms with Crippen molar-refractivity contribution in [3.05, 3.63) is 84.7 Å². The van der Waals surface area contributed by atoms with Crippen molar-refractivity contribution in [3.8, 4) is 0 Å². The Labute approximate surface area is 376 Å². The minimum Gasteiger partial charge on any atom is -0.477 e. The van der Waals surface area contributed by atoms with E-state index in [0.717, 1.165) is 38.2 Å². The highest BCUT2D eigenvalue weighted by Gasteiger charge is 2.61. The number of carboxylic acid groups (broad SMARTS) is 2. The molecule has 10 rings (SSSR count). The summed E-state index contributed by atoms with van der Waals surface area (Å²) in [6, 6.07) is 0.569. The van der Waals surface area contributed by atoms with Gasteiger partial charge in [-0.2, -0.15) is 0 Å². The van der Waals surface area contributed by atoms with Crippen LogP contribution in [0.25, 0.3) is 21.8 Å². The van der Waals surface area contributed by atoms with Crippen LogP contribution in [0.5, 0.6) is 0 Å². The van der Waals surface area contributed by atoms with Gasteiger partial charge in [0, 0.05) is 84.1 Å². The Bertz CT molecular complexity index is 2840. The van der Waals surface area contributed by atoms with Crippen LogP contribution in [0.4, 0.5) is 32.4 Å². The second-order valence-electron chi connectivity index (χ2n) is 20.6. The molecule has 4 saturated carbocycles. The molecule has 14 nitrogen and oxygen atoms in total. The van der Waals surface area contributed by atoms with Crippen molar-refractivity contribution in [2.24, 2.45) is 16.6 Å². The van der Waals surface area contributed by atoms with E-state index in [2.05, 4.69) is 17.6 Å². The second-order valence-corrected chi connectivity index (χ2v) is 20.6. The lowest BCUT2D eigenvalue weighted by Crippen LogP contribution is -2.54. The fraction of sp³-hybridized carbons (Fsp3) is 0.553. The summed E-state index contributed by atoms with van der Waals surface area (Å²) in [6.45, 7) is 15.7. The number of aryl methyl sites for hydroxylation is 2. The Hall–Kier alpha value is -5.56. The lowest BCUT2D eigenvalue weighted by molar-refractivity contribution is 0.0438. The molecule has 2 aliphatic heterocycles. The standard InChI is InChI=1S/C21H23F2N3O3.C14H10F3NO3.C12H22N2O2/c1-10-16-11(18(27)12(19(28)29)7-26(16)15-6-13(15)22)5-14(23)17(10)25-8-20(2,24)21(9-25)3-4-21;1-5-11(17)9(16)2-6-12(5)18(10-3-8(10)15)4-7(13(6)19)14(20)21;1-10(2,3)16-9(15)14-11(4)7-13-8-12(11)5-6-12/h5,7,13,15H,3-4,6,8-9,24H2,1-2H3,(H,28,29);2,4,8,10H,3H2,1H3,(H,20,21);13H,5-8H2,1-4H3,(H,14,15)/t13-,15+,20+;8-,10+;11-/m001/s1. The zero-order chi connectivity index (χ0) is 48.4. The molecular formula is C47H55F5N6O8. The van der Waals surface area contributed by atoms with Crippen molar-refractivity contribution in [1.29, 1.82) is 0 Å². The molecule has 6 aliphatic rings. The van der Waals surface area contributed by atoms with E-state index in [0.29, 0.717) is 35.9 Å². The number of hydrogen-bond acceptors (Lipinski definition) is 9. The number of aromatic carboxylic acids is 2. The molecule has 0 bridgehead atoms. The van der Waals surface area contributed by atoms with Crippen molar-refractivity contribution in [1.82, 2.24) is 19.8 Å². The number of nitrogens with zero attached hydrogens (tertiary/aromatic N) is 3. The van der Waals surface area contributed by atoms with Crippen LogP contribution in [0.15, 0.2) is 34.1 Å². The fourth-order valence-corrected chi connectivity index (χ4v) is 10.1. The number of anilines is 1. The van der Waals surface area contributed by atoms with Crippen LogP contribution in [0.1, 0.15) is 117 Å². The highest BCUT2D eigenvalue weighted by atomic mass is 19.2. The lowest BCUT2D eigenvalue weighted by atomic mass is 9.86. The lowest BCUT2D eigenvalue weighted by Gasteiger charge is -2.33. The van der Waals surface area contributed by atoms with Gasteiger partial charge in [0.1, 0.15) is 34.9 Å². The number of alkyl carbamates (subject to hydrolysis) is 1. The number of carboxylic acids is 2. The van der Waals surface area contributed by atoms with Crippen LogP contribution in [-0.4, -0.2) is 92.6 Å². The molecule has 19 heteroatoms. The molecule has 6 N–H and O–H groups in total. The molecule has 2 spiro atoms. The van der Waals surface area contributed by atoms with Gasteiger partial charge in [-0.3, -0.25) is 9.59 Å². The molecular weight excluding hydrogens is 872 g/mol. The smallest absolute Gasteiger partial charge is 0.408 e. The fourth-order valence-electron chi connectivity index (χ4n) is 10.1. The van der Waals surface area contributed by atoms with Crippen LogP contribution in [-0.2, 0) is 4.74 Å². The Morgan fingerprint density at radius 3 is 1.68 bits per heavy atom. The number of carbonyl (C=O) groups is 3. The predicted octanol–water partition coefficient (Wildman–Crippen LogP) is 6.97. The SMILES string of the molecule is CC(C)(C)OC(=O)N[C@]1(C)CNCC12CC2.Cc1c(F)c(F)cc2c(=O)c(C(=O)O)cn([C@@H]3C[C@@H]3F)c12.Cc1c(N2CC3(CC3)[C@](C)(N)C2)c(F)cc2c(=O)c(C(=O)O)cn([C@@H]3C[C@@H]3F)c12. The average molecular weight is 927 g/mol. The van der Waals surface area contributed by atoms with Gasteiger partial charge in [0.05, 0.1) is 34.3 Å². The highest BCUT2D eigenvalue weighted by molar-refractivity contribution is 5.96. The third-order valence-corrected chi connectivity index (χ3v) is 14.6. The number of fused-ring (bicyclic) bond motifs is 2. The van der Waals surface area contributed by atoms with Crippen LogP contribution in [0.2, 0.25) is 0 Å². The molecule has 6 atom stereocenters. The summed E-state index contributed by atoms with van der Waals surface area (Å²) in [6.07, 6.45) is 4.41. The van der Waals surface area contributed by atoms with Gasteiger partial charge >= 0.3 is 18.0 Å². The summed E-state index contributed by atoms with van der Waals surface area (Å²) in [5, 5.41) is 24.5. The predicted molar refractivity (Wildman–Crippen MR) is 236 cm³/mol. The molecule has 1 amide bonds. The second kappa shape index (κ2) is 15.8. The number of hydrogen-bond donors (Lipinski definition) is 5. The first kappa shape index (κ1) is 47.0. The summed E-state index contributed by atoms with van der Waals surface area (Å²) in [5.41, 5.74) is 4.21. The number of halogens is 5. The van der Waals surface area contributed by atoms with Crippen molar-refractivity contribution in [2.75, 3.05) is 31.1 Å². The number of carbonyl (C=O) groups excluding carboxylic acids is 1. The zero-order valence-corrected chi connectivity index (χ0v) is 37.8. The van der Waals surface area contributed by atoms with E-state index in [1.807, 2.05) is 32.6 Å². The molecule has 2 saturated heterocycles. The van der Waals surface area contributed by atoms with Gasteiger partial charge in [-0.15, -0.1) is 0 Å². The largest absolute Gasteiger partial charge is 0.477 e. The Morgan fingerprint density at radius 2 is 1.26 bits per heavy atom. The third-order valence-electron chi connectivity index (χ3n) is 14.6. The third kappa shape index (κ3) is 8.08. The summed E-state index contributed by atoms with van der Waals surface area (Å²) in [5.74, 6) is -5.84. The molecule has 4 aliphatic carbocycles. The number of amides is 1. The van der Waals surface area contributed by atoms with Gasteiger partial charge in [0.25, 0.3) is 0 Å². The van der Waals surface area contributed by atoms with E-state index in [1.165, 1.54) is 35.1 Å². The monoisotopic (exact) mass is 926 g/mol. The Balaban J connectivity index is 0.000000141. The van der Waals surface area contributed by atoms with E-state index in [9.17, 15) is 46.6 Å². The molecule has 2 aromatic carbocycles. The molecule has 6 fully saturated rings. The van der Waals surface area contributed by atoms with Gasteiger partial charge in [-0.25, -0.2) is 36.3 Å². The van der Waals surface area contributed by atoms with Crippen molar-refractivity contribution < 1.29 is 51.3 Å². The quantitative estimate of drug-likeness (QED) is 0.125. The molecule has 0 unspecified atom stereocenters. The maximum atomic E-state index is 15.2. The average Bonchev–Trinajstić information content (AvgIpc) is 4.03. The summed E-state index contributed by atoms with van der Waals surface area (Å²) < 4.78 is 77.7. The van der Waals surface area contributed by atoms with Gasteiger partial charge in [0.15, 0.2) is 11.6 Å². The highest BCUT2D eigenvalue weighted by Crippen LogP contribution is 2.58. The minimum atomic E-state index is -1.49. The molecule has 0 radical (unpaired) electrons. The molecule has 4 aromatic rings. The summed E-state index contributed by atoms with van der Waals surface area (Å²) in [4.78, 5) is 61.1. The normalized spacial score (nSPS) is 27.3. The number of benzene rings is 2. The first-order chi connectivity index (χ1) is 30.7. The van der Waals surface area contributed by atoms with Crippen LogP contribution in [0, 0.1) is 42.1 Å². The van der Waals surface area contributed by atoms with Crippen LogP contribution in [0.3, 0.4) is 0 Å². The minimum absolute atomic E-state index is 0.0196. The number of nitrogens with two attached hydrogens (primary N) is 1. The number of alkyl halides is 2. The maximum Gasteiger partial charge on any atom is 0.408 e. The molecule has 4 heterocycles. The van der Waals surface area contributed by atoms with E-state index in [4.69, 9.17) is 15.6 Å². The number of nitrogens with one attached hydrogen (secondary N) is 2. The van der Waals surface area contributed by atoms with E-state index in [-0.39, 0.29) is 57.2 Å². The van der Waals surface area contributed by atoms with E-state index < -0.39 is 86.9 Å². The number of rotatable bonds is 6. The van der Waals surface area contributed by atoms with Crippen LogP contribution >= 0.6 is 0 Å². The van der Waals surface area contributed by atoms with Gasteiger partial charge < -0.3 is 45.4 Å².